The van der Waals surface area contributed by atoms with Crippen molar-refractivity contribution in [3.8, 4) is 5.69 Å². The van der Waals surface area contributed by atoms with Crippen LogP contribution < -0.4 is 11.2 Å². The fraction of sp³-hybridized carbons (Fsp3) is 0.353. The van der Waals surface area contributed by atoms with E-state index in [9.17, 15) is 22.8 Å². The zero-order chi connectivity index (χ0) is 19.6. The number of nitrogens with zero attached hydrogens (tertiary/aromatic N) is 3. The molecule has 0 aliphatic rings. The van der Waals surface area contributed by atoms with Gasteiger partial charge in [0.1, 0.15) is 0 Å². The van der Waals surface area contributed by atoms with Gasteiger partial charge in [-0.2, -0.15) is 18.3 Å². The molecule has 148 valence electrons. The number of benzene rings is 1. The number of aryl methyl sites for hydroxylation is 1. The standard InChI is InChI=1S/C17H19F3N4O2.ClH/c1-10-8-14(25)15(16(26)23(3)11(2)9-21)22-24(10)13-7-5-4-6-12(13)17(18,19)20;/h4-8,11H,9,21H2,1-3H3;1H. The van der Waals surface area contributed by atoms with Gasteiger partial charge in [0.2, 0.25) is 5.43 Å². The second-order valence-electron chi connectivity index (χ2n) is 5.93. The smallest absolute Gasteiger partial charge is 0.336 e. The second-order valence-corrected chi connectivity index (χ2v) is 5.93. The monoisotopic (exact) mass is 404 g/mol. The van der Waals surface area contributed by atoms with Crippen LogP contribution in [0.25, 0.3) is 5.69 Å². The van der Waals surface area contributed by atoms with Crippen LogP contribution in [-0.2, 0) is 6.18 Å². The van der Waals surface area contributed by atoms with Gasteiger partial charge in [0.05, 0.1) is 11.3 Å². The van der Waals surface area contributed by atoms with Gasteiger partial charge in [0.25, 0.3) is 5.91 Å². The van der Waals surface area contributed by atoms with E-state index in [1.165, 1.54) is 37.1 Å². The first-order valence-corrected chi connectivity index (χ1v) is 7.82. The van der Waals surface area contributed by atoms with Crippen molar-refractivity contribution in [2.75, 3.05) is 13.6 Å². The maximum absolute atomic E-state index is 13.3. The number of para-hydroxylation sites is 1. The van der Waals surface area contributed by atoms with Crippen LogP contribution in [0.15, 0.2) is 35.1 Å². The molecule has 2 rings (SSSR count). The van der Waals surface area contributed by atoms with E-state index in [1.807, 2.05) is 0 Å². The first-order chi connectivity index (χ1) is 12.1. The largest absolute Gasteiger partial charge is 0.418 e. The summed E-state index contributed by atoms with van der Waals surface area (Å²) in [4.78, 5) is 25.9. The fourth-order valence-electron chi connectivity index (χ4n) is 2.36. The molecule has 0 spiro atoms. The number of rotatable bonds is 4. The fourth-order valence-corrected chi connectivity index (χ4v) is 2.36. The van der Waals surface area contributed by atoms with E-state index in [2.05, 4.69) is 5.10 Å². The average molecular weight is 405 g/mol. The topological polar surface area (TPSA) is 81.2 Å². The molecular weight excluding hydrogens is 385 g/mol. The third kappa shape index (κ3) is 4.67. The normalized spacial score (nSPS) is 12.3. The van der Waals surface area contributed by atoms with Crippen LogP contribution in [-0.4, -0.2) is 40.2 Å². The molecule has 1 amide bonds. The van der Waals surface area contributed by atoms with E-state index in [4.69, 9.17) is 5.73 Å². The maximum Gasteiger partial charge on any atom is 0.418 e. The van der Waals surface area contributed by atoms with Gasteiger partial charge >= 0.3 is 6.18 Å². The molecule has 1 heterocycles. The summed E-state index contributed by atoms with van der Waals surface area (Å²) in [6, 6.07) is 5.56. The zero-order valence-electron chi connectivity index (χ0n) is 14.9. The molecule has 0 aliphatic heterocycles. The number of nitrogens with two attached hydrogens (primary N) is 1. The molecule has 2 N–H and O–H groups in total. The Morgan fingerprint density at radius 1 is 1.33 bits per heavy atom. The Morgan fingerprint density at radius 3 is 2.48 bits per heavy atom. The molecule has 27 heavy (non-hydrogen) atoms. The van der Waals surface area contributed by atoms with Gasteiger partial charge in [0, 0.05) is 31.4 Å². The van der Waals surface area contributed by atoms with Crippen LogP contribution in [0.1, 0.15) is 28.7 Å². The molecule has 1 aromatic heterocycles. The lowest BCUT2D eigenvalue weighted by atomic mass is 10.1. The molecule has 6 nitrogen and oxygen atoms in total. The minimum absolute atomic E-state index is 0. The van der Waals surface area contributed by atoms with Crippen LogP contribution in [0.3, 0.4) is 0 Å². The molecule has 0 saturated heterocycles. The summed E-state index contributed by atoms with van der Waals surface area (Å²) in [5.41, 5.74) is 3.39. The van der Waals surface area contributed by atoms with Crippen molar-refractivity contribution in [2.24, 2.45) is 5.73 Å². The summed E-state index contributed by atoms with van der Waals surface area (Å²) in [5, 5.41) is 3.93. The minimum Gasteiger partial charge on any atom is -0.336 e. The third-order valence-corrected chi connectivity index (χ3v) is 4.07. The number of likely N-dealkylation sites (N-methyl/N-ethyl adjacent to an activating group) is 1. The van der Waals surface area contributed by atoms with E-state index in [0.29, 0.717) is 0 Å². The predicted molar refractivity (Wildman–Crippen MR) is 97.4 cm³/mol. The molecule has 2 aromatic rings. The Hall–Kier alpha value is -2.39. The number of hydrogen-bond donors (Lipinski definition) is 1. The predicted octanol–water partition coefficient (Wildman–Crippen LogP) is 2.40. The molecule has 1 aromatic carbocycles. The second kappa shape index (κ2) is 8.53. The Morgan fingerprint density at radius 2 is 1.93 bits per heavy atom. The molecule has 0 fully saturated rings. The van der Waals surface area contributed by atoms with Crippen LogP contribution in [0.4, 0.5) is 13.2 Å². The van der Waals surface area contributed by atoms with Crippen LogP contribution in [0.2, 0.25) is 0 Å². The lowest BCUT2D eigenvalue weighted by molar-refractivity contribution is -0.137. The van der Waals surface area contributed by atoms with Crippen molar-refractivity contribution in [3.63, 3.8) is 0 Å². The lowest BCUT2D eigenvalue weighted by Crippen LogP contribution is -2.42. The Labute approximate surface area is 160 Å². The first kappa shape index (κ1) is 22.7. The molecule has 10 heteroatoms. The summed E-state index contributed by atoms with van der Waals surface area (Å²) in [5.74, 6) is -0.703. The van der Waals surface area contributed by atoms with Crippen molar-refractivity contribution in [2.45, 2.75) is 26.1 Å². The number of carbonyl (C=O) groups excluding carboxylic acids is 1. The minimum atomic E-state index is -4.61. The van der Waals surface area contributed by atoms with Crippen molar-refractivity contribution in [1.29, 1.82) is 0 Å². The summed E-state index contributed by atoms with van der Waals surface area (Å²) in [7, 11) is 1.45. The summed E-state index contributed by atoms with van der Waals surface area (Å²) < 4.78 is 40.8. The Kier molecular flexibility index (Phi) is 7.16. The van der Waals surface area contributed by atoms with E-state index in [1.54, 1.807) is 6.92 Å². The van der Waals surface area contributed by atoms with E-state index in [0.717, 1.165) is 16.8 Å². The van der Waals surface area contributed by atoms with Gasteiger partial charge in [-0.15, -0.1) is 12.4 Å². The van der Waals surface area contributed by atoms with Gasteiger partial charge in [-0.05, 0) is 26.0 Å². The highest BCUT2D eigenvalue weighted by Gasteiger charge is 2.34. The summed E-state index contributed by atoms with van der Waals surface area (Å²) >= 11 is 0. The maximum atomic E-state index is 13.3. The number of amides is 1. The summed E-state index contributed by atoms with van der Waals surface area (Å²) in [6.45, 7) is 3.30. The van der Waals surface area contributed by atoms with Gasteiger partial charge in [-0.25, -0.2) is 4.68 Å². The van der Waals surface area contributed by atoms with Crippen molar-refractivity contribution < 1.29 is 18.0 Å². The molecule has 0 aliphatic carbocycles. The van der Waals surface area contributed by atoms with Crippen LogP contribution >= 0.6 is 12.4 Å². The quantitative estimate of drug-likeness (QED) is 0.848. The van der Waals surface area contributed by atoms with Gasteiger partial charge in [0.15, 0.2) is 5.69 Å². The average Bonchev–Trinajstić information content (AvgIpc) is 2.59. The number of halogens is 4. The van der Waals surface area contributed by atoms with Crippen molar-refractivity contribution in [3.05, 3.63) is 57.5 Å². The van der Waals surface area contributed by atoms with Crippen molar-refractivity contribution in [1.82, 2.24) is 14.7 Å². The molecule has 0 saturated carbocycles. The highest BCUT2D eigenvalue weighted by atomic mass is 35.5. The molecule has 1 atom stereocenters. The van der Waals surface area contributed by atoms with Crippen LogP contribution in [0.5, 0.6) is 0 Å². The van der Waals surface area contributed by atoms with E-state index < -0.39 is 28.8 Å². The molecule has 1 unspecified atom stereocenters. The van der Waals surface area contributed by atoms with Crippen LogP contribution in [0, 0.1) is 6.92 Å². The zero-order valence-corrected chi connectivity index (χ0v) is 15.8. The highest BCUT2D eigenvalue weighted by Crippen LogP contribution is 2.33. The SMILES string of the molecule is Cc1cc(=O)c(C(=O)N(C)C(C)CN)nn1-c1ccccc1C(F)(F)F.Cl. The van der Waals surface area contributed by atoms with Gasteiger partial charge < -0.3 is 10.6 Å². The summed E-state index contributed by atoms with van der Waals surface area (Å²) in [6.07, 6.45) is -4.61. The van der Waals surface area contributed by atoms with Gasteiger partial charge in [-0.3, -0.25) is 9.59 Å². The Bertz CT molecular complexity index is 883. The lowest BCUT2D eigenvalue weighted by Gasteiger charge is -2.23. The number of aromatic nitrogens is 2. The number of alkyl halides is 3. The van der Waals surface area contributed by atoms with Crippen molar-refractivity contribution >= 4 is 18.3 Å². The van der Waals surface area contributed by atoms with Gasteiger partial charge in [-0.1, -0.05) is 12.1 Å². The number of hydrogen-bond acceptors (Lipinski definition) is 4. The Balaban J connectivity index is 0.00000364. The molecular formula is C17H20ClF3N4O2. The third-order valence-electron chi connectivity index (χ3n) is 4.07. The first-order valence-electron chi connectivity index (χ1n) is 7.82. The molecule has 0 radical (unpaired) electrons. The van der Waals surface area contributed by atoms with E-state index >= 15 is 0 Å². The van der Waals surface area contributed by atoms with E-state index in [-0.39, 0.29) is 36.4 Å². The highest BCUT2D eigenvalue weighted by molar-refractivity contribution is 5.92. The number of carbonyl (C=O) groups is 1. The molecule has 0 bridgehead atoms.